The van der Waals surface area contributed by atoms with Gasteiger partial charge in [0.05, 0.1) is 17.2 Å². The molecule has 1 saturated carbocycles. The zero-order chi connectivity index (χ0) is 20.8. The van der Waals surface area contributed by atoms with E-state index in [2.05, 4.69) is 20.6 Å². The SMILES string of the molecule is CCn1cc(C(=O)N[C@@H]2CC3CN(C(=O)C(C)C)C[C@@]3(c3nc(C)no3)C2)cn1. The average molecular weight is 400 g/mol. The van der Waals surface area contributed by atoms with E-state index < -0.39 is 5.41 Å². The Balaban J connectivity index is 1.54. The number of rotatable bonds is 5. The Labute approximate surface area is 169 Å². The second kappa shape index (κ2) is 7.27. The van der Waals surface area contributed by atoms with Crippen LogP contribution in [0.15, 0.2) is 16.9 Å². The van der Waals surface area contributed by atoms with E-state index in [0.29, 0.717) is 36.8 Å². The molecule has 1 aliphatic carbocycles. The lowest BCUT2D eigenvalue weighted by Gasteiger charge is -2.26. The van der Waals surface area contributed by atoms with Crippen LogP contribution in [-0.4, -0.2) is 55.8 Å². The first-order chi connectivity index (χ1) is 13.8. The summed E-state index contributed by atoms with van der Waals surface area (Å²) in [5.74, 6) is 1.30. The third-order valence-electron chi connectivity index (χ3n) is 6.19. The van der Waals surface area contributed by atoms with Gasteiger partial charge in [0.15, 0.2) is 5.82 Å². The fourth-order valence-electron chi connectivity index (χ4n) is 4.77. The van der Waals surface area contributed by atoms with Gasteiger partial charge in [-0.2, -0.15) is 10.1 Å². The highest BCUT2D eigenvalue weighted by Gasteiger charge is 2.58. The van der Waals surface area contributed by atoms with Crippen LogP contribution in [0.5, 0.6) is 0 Å². The molecule has 2 amide bonds. The van der Waals surface area contributed by atoms with Gasteiger partial charge in [-0.15, -0.1) is 0 Å². The molecule has 0 radical (unpaired) electrons. The van der Waals surface area contributed by atoms with Crippen LogP contribution in [0, 0.1) is 18.8 Å². The number of fused-ring (bicyclic) bond motifs is 1. The number of hydrogen-bond donors (Lipinski definition) is 1. The fraction of sp³-hybridized carbons (Fsp3) is 0.650. The van der Waals surface area contributed by atoms with Gasteiger partial charge in [0.1, 0.15) is 0 Å². The van der Waals surface area contributed by atoms with Crippen molar-refractivity contribution in [3.05, 3.63) is 29.7 Å². The Morgan fingerprint density at radius 1 is 1.41 bits per heavy atom. The molecule has 3 atom stereocenters. The van der Waals surface area contributed by atoms with Gasteiger partial charge in [0, 0.05) is 37.8 Å². The summed E-state index contributed by atoms with van der Waals surface area (Å²) in [4.78, 5) is 31.7. The van der Waals surface area contributed by atoms with Gasteiger partial charge in [-0.05, 0) is 32.6 Å². The molecule has 9 nitrogen and oxygen atoms in total. The molecule has 1 unspecified atom stereocenters. The van der Waals surface area contributed by atoms with Crippen LogP contribution in [0.1, 0.15) is 55.7 Å². The maximum absolute atomic E-state index is 12.7. The van der Waals surface area contributed by atoms with Crippen LogP contribution in [0.25, 0.3) is 0 Å². The van der Waals surface area contributed by atoms with Crippen molar-refractivity contribution in [2.24, 2.45) is 11.8 Å². The Kier molecular flexibility index (Phi) is 4.92. The van der Waals surface area contributed by atoms with E-state index in [4.69, 9.17) is 4.52 Å². The molecule has 9 heteroatoms. The molecule has 1 N–H and O–H groups in total. The second-order valence-electron chi connectivity index (χ2n) is 8.57. The number of hydrogen-bond acceptors (Lipinski definition) is 6. The van der Waals surface area contributed by atoms with Gasteiger partial charge >= 0.3 is 0 Å². The molecule has 3 heterocycles. The molecule has 0 bridgehead atoms. The van der Waals surface area contributed by atoms with Gasteiger partial charge in [-0.25, -0.2) is 0 Å². The summed E-state index contributed by atoms with van der Waals surface area (Å²) in [7, 11) is 0. The van der Waals surface area contributed by atoms with E-state index in [1.807, 2.05) is 25.7 Å². The number of carbonyl (C=O) groups is 2. The first-order valence-electron chi connectivity index (χ1n) is 10.2. The minimum Gasteiger partial charge on any atom is -0.349 e. The molecule has 4 rings (SSSR count). The molecule has 156 valence electrons. The van der Waals surface area contributed by atoms with E-state index in [1.54, 1.807) is 24.0 Å². The van der Waals surface area contributed by atoms with E-state index >= 15 is 0 Å². The molecular formula is C20H28N6O3. The number of aryl methyl sites for hydroxylation is 2. The van der Waals surface area contributed by atoms with Gasteiger partial charge < -0.3 is 14.7 Å². The van der Waals surface area contributed by atoms with E-state index in [9.17, 15) is 9.59 Å². The smallest absolute Gasteiger partial charge is 0.254 e. The van der Waals surface area contributed by atoms with Crippen LogP contribution in [-0.2, 0) is 16.8 Å². The minimum absolute atomic E-state index is 0.0130. The summed E-state index contributed by atoms with van der Waals surface area (Å²) in [6.07, 6.45) is 4.80. The first-order valence-corrected chi connectivity index (χ1v) is 10.2. The van der Waals surface area contributed by atoms with Crippen LogP contribution in [0.3, 0.4) is 0 Å². The lowest BCUT2D eigenvalue weighted by molar-refractivity contribution is -0.133. The summed E-state index contributed by atoms with van der Waals surface area (Å²) in [6.45, 7) is 9.53. The molecular weight excluding hydrogens is 372 g/mol. The third-order valence-corrected chi connectivity index (χ3v) is 6.19. The highest BCUT2D eigenvalue weighted by molar-refractivity contribution is 5.93. The van der Waals surface area contributed by atoms with Crippen molar-refractivity contribution in [3.8, 4) is 0 Å². The average Bonchev–Trinajstić information content (AvgIpc) is 3.42. The zero-order valence-electron chi connectivity index (χ0n) is 17.4. The molecule has 1 saturated heterocycles. The van der Waals surface area contributed by atoms with Gasteiger partial charge in [-0.3, -0.25) is 14.3 Å². The molecule has 2 aliphatic rings. The number of carbonyl (C=O) groups excluding carboxylic acids is 2. The predicted molar refractivity (Wildman–Crippen MR) is 104 cm³/mol. The Hall–Kier alpha value is -2.71. The van der Waals surface area contributed by atoms with E-state index in [1.165, 1.54) is 0 Å². The summed E-state index contributed by atoms with van der Waals surface area (Å²) in [6, 6.07) is -0.0130. The molecule has 2 fully saturated rings. The molecule has 2 aromatic rings. The summed E-state index contributed by atoms with van der Waals surface area (Å²) in [5.41, 5.74) is 0.153. The van der Waals surface area contributed by atoms with Crippen molar-refractivity contribution < 1.29 is 14.1 Å². The number of nitrogens with one attached hydrogen (secondary N) is 1. The normalized spacial score (nSPS) is 26.2. The van der Waals surface area contributed by atoms with Crippen molar-refractivity contribution in [2.75, 3.05) is 13.1 Å². The topological polar surface area (TPSA) is 106 Å². The summed E-state index contributed by atoms with van der Waals surface area (Å²) >= 11 is 0. The quantitative estimate of drug-likeness (QED) is 0.816. The Bertz CT molecular complexity index is 919. The monoisotopic (exact) mass is 400 g/mol. The molecule has 1 aliphatic heterocycles. The Morgan fingerprint density at radius 3 is 2.83 bits per heavy atom. The predicted octanol–water partition coefficient (Wildman–Crippen LogP) is 1.54. The first kappa shape index (κ1) is 19.6. The number of aromatic nitrogens is 4. The van der Waals surface area contributed by atoms with Crippen LogP contribution >= 0.6 is 0 Å². The van der Waals surface area contributed by atoms with Crippen molar-refractivity contribution in [1.82, 2.24) is 30.1 Å². The maximum Gasteiger partial charge on any atom is 0.254 e. The zero-order valence-corrected chi connectivity index (χ0v) is 17.4. The molecule has 2 aromatic heterocycles. The van der Waals surface area contributed by atoms with Crippen LogP contribution < -0.4 is 5.32 Å². The van der Waals surface area contributed by atoms with Gasteiger partial charge in [-0.1, -0.05) is 19.0 Å². The third kappa shape index (κ3) is 3.42. The van der Waals surface area contributed by atoms with Crippen molar-refractivity contribution in [1.29, 1.82) is 0 Å². The number of likely N-dealkylation sites (tertiary alicyclic amines) is 1. The lowest BCUT2D eigenvalue weighted by atomic mass is 9.80. The second-order valence-corrected chi connectivity index (χ2v) is 8.57. The number of amides is 2. The van der Waals surface area contributed by atoms with Crippen molar-refractivity contribution >= 4 is 11.8 Å². The molecule has 0 spiro atoms. The maximum atomic E-state index is 12.7. The fourth-order valence-corrected chi connectivity index (χ4v) is 4.77. The van der Waals surface area contributed by atoms with Crippen LogP contribution in [0.2, 0.25) is 0 Å². The molecule has 0 aromatic carbocycles. The number of nitrogens with zero attached hydrogens (tertiary/aromatic N) is 5. The van der Waals surface area contributed by atoms with Crippen molar-refractivity contribution in [2.45, 2.75) is 58.5 Å². The van der Waals surface area contributed by atoms with E-state index in [-0.39, 0.29) is 29.7 Å². The standard InChI is InChI=1S/C20H28N6O3/c1-5-26-9-14(8-21-26)17(27)23-16-6-15-10-25(18(28)12(2)3)11-20(15,7-16)19-22-13(4)24-29-19/h8-9,12,15-16H,5-7,10-11H2,1-4H3,(H,23,27)/t15?,16-,20+/m1/s1. The highest BCUT2D eigenvalue weighted by atomic mass is 16.5. The lowest BCUT2D eigenvalue weighted by Crippen LogP contribution is -2.40. The minimum atomic E-state index is -0.405. The van der Waals surface area contributed by atoms with Crippen molar-refractivity contribution in [3.63, 3.8) is 0 Å². The summed E-state index contributed by atoms with van der Waals surface area (Å²) in [5, 5.41) is 11.3. The highest BCUT2D eigenvalue weighted by Crippen LogP contribution is 2.50. The van der Waals surface area contributed by atoms with E-state index in [0.717, 1.165) is 13.0 Å². The van der Waals surface area contributed by atoms with Gasteiger partial charge in [0.2, 0.25) is 11.8 Å². The largest absolute Gasteiger partial charge is 0.349 e. The molecule has 29 heavy (non-hydrogen) atoms. The van der Waals surface area contributed by atoms with Gasteiger partial charge in [0.25, 0.3) is 5.91 Å². The summed E-state index contributed by atoms with van der Waals surface area (Å²) < 4.78 is 7.30. The van der Waals surface area contributed by atoms with Crippen LogP contribution in [0.4, 0.5) is 0 Å². The Morgan fingerprint density at radius 2 is 2.21 bits per heavy atom.